The summed E-state index contributed by atoms with van der Waals surface area (Å²) in [5, 5.41) is 36.1. The van der Waals surface area contributed by atoms with Crippen LogP contribution in [0.2, 0.25) is 0 Å². The fourth-order valence-corrected chi connectivity index (χ4v) is 9.04. The van der Waals surface area contributed by atoms with Crippen molar-refractivity contribution in [3.05, 3.63) is 0 Å². The molecular formula is C12H28ClO4P. The first kappa shape index (κ1) is 18.6. The van der Waals surface area contributed by atoms with Crippen molar-refractivity contribution < 1.29 is 20.4 Å². The standard InChI is InChI=1S/C12H28ClO4P/c13-18(9-1-5-14,10-2-6-15,11-3-7-16)12-4-8-17/h14-17H,1-12H2. The maximum absolute atomic E-state index is 9.03. The van der Waals surface area contributed by atoms with Crippen molar-refractivity contribution in [3.63, 3.8) is 0 Å². The zero-order valence-corrected chi connectivity index (χ0v) is 12.7. The van der Waals surface area contributed by atoms with Crippen LogP contribution in [0.3, 0.4) is 0 Å². The average molecular weight is 303 g/mol. The quantitative estimate of drug-likeness (QED) is 0.409. The molecule has 0 aromatic carbocycles. The Morgan fingerprint density at radius 2 is 0.778 bits per heavy atom. The molecule has 0 rings (SSSR count). The molecule has 18 heavy (non-hydrogen) atoms. The second-order valence-corrected chi connectivity index (χ2v) is 13.3. The summed E-state index contributed by atoms with van der Waals surface area (Å²) in [6, 6.07) is 0. The van der Waals surface area contributed by atoms with Crippen LogP contribution >= 0.6 is 17.2 Å². The van der Waals surface area contributed by atoms with Crippen molar-refractivity contribution in [1.29, 1.82) is 0 Å². The van der Waals surface area contributed by atoms with E-state index in [1.54, 1.807) is 0 Å². The van der Waals surface area contributed by atoms with Gasteiger partial charge < -0.3 is 0 Å². The molecule has 0 bridgehead atoms. The van der Waals surface area contributed by atoms with E-state index < -0.39 is 5.96 Å². The Bertz CT molecular complexity index is 173. The summed E-state index contributed by atoms with van der Waals surface area (Å²) in [7, 11) is 0. The molecule has 0 spiro atoms. The van der Waals surface area contributed by atoms with Crippen molar-refractivity contribution in [2.24, 2.45) is 0 Å². The van der Waals surface area contributed by atoms with Crippen LogP contribution in [0.15, 0.2) is 0 Å². The second kappa shape index (κ2) is 9.46. The zero-order chi connectivity index (χ0) is 13.9. The number of aliphatic hydroxyl groups is 4. The van der Waals surface area contributed by atoms with E-state index in [0.717, 1.165) is 24.6 Å². The minimum absolute atomic E-state index is 0.113. The molecule has 0 aliphatic rings. The zero-order valence-electron chi connectivity index (χ0n) is 11.1. The fourth-order valence-electron chi connectivity index (χ4n) is 2.53. The third kappa shape index (κ3) is 6.65. The fraction of sp³-hybridized carbons (Fsp3) is 1.00. The molecule has 0 amide bonds. The number of hydrogen-bond acceptors (Lipinski definition) is 4. The Balaban J connectivity index is 4.82. The SMILES string of the molecule is OCCCP(Cl)(CCCO)(CCCO)CCCO. The Hall–Kier alpha value is 0.560. The molecule has 0 fully saturated rings. The van der Waals surface area contributed by atoms with Gasteiger partial charge in [-0.15, -0.1) is 0 Å². The van der Waals surface area contributed by atoms with Crippen LogP contribution in [-0.2, 0) is 0 Å². The molecule has 4 nitrogen and oxygen atoms in total. The number of aliphatic hydroxyl groups excluding tert-OH is 4. The molecule has 6 heteroatoms. The summed E-state index contributed by atoms with van der Waals surface area (Å²) in [6.45, 7) is 0.452. The van der Waals surface area contributed by atoms with E-state index in [2.05, 4.69) is 0 Å². The molecule has 0 aliphatic heterocycles. The minimum atomic E-state index is -2.53. The summed E-state index contributed by atoms with van der Waals surface area (Å²) in [5.41, 5.74) is 0. The maximum atomic E-state index is 9.03. The number of hydrogen-bond donors (Lipinski definition) is 4. The van der Waals surface area contributed by atoms with E-state index >= 15 is 0 Å². The van der Waals surface area contributed by atoms with E-state index in [1.165, 1.54) is 0 Å². The molecule has 0 saturated heterocycles. The van der Waals surface area contributed by atoms with Crippen LogP contribution in [0.5, 0.6) is 0 Å². The Morgan fingerprint density at radius 1 is 0.556 bits per heavy atom. The molecule has 0 unspecified atom stereocenters. The van der Waals surface area contributed by atoms with Crippen LogP contribution in [0.4, 0.5) is 0 Å². The van der Waals surface area contributed by atoms with Gasteiger partial charge in [-0.1, -0.05) is 0 Å². The molecule has 112 valence electrons. The Kier molecular flexibility index (Phi) is 9.76. The van der Waals surface area contributed by atoms with Crippen LogP contribution in [0.25, 0.3) is 0 Å². The summed E-state index contributed by atoms with van der Waals surface area (Å²) in [5.74, 6) is -2.53. The van der Waals surface area contributed by atoms with Gasteiger partial charge in [-0.3, -0.25) is 0 Å². The average Bonchev–Trinajstić information content (AvgIpc) is 2.40. The normalized spacial score (nSPS) is 14.4. The van der Waals surface area contributed by atoms with Gasteiger partial charge in [-0.25, -0.2) is 0 Å². The van der Waals surface area contributed by atoms with Gasteiger partial charge in [-0.2, -0.15) is 0 Å². The molecule has 0 aromatic rings. The molecule has 0 saturated carbocycles. The van der Waals surface area contributed by atoms with Gasteiger partial charge in [0, 0.05) is 0 Å². The summed E-state index contributed by atoms with van der Waals surface area (Å²) in [6.07, 6.45) is 5.70. The van der Waals surface area contributed by atoms with Crippen LogP contribution in [-0.4, -0.2) is 71.5 Å². The predicted molar refractivity (Wildman–Crippen MR) is 79.1 cm³/mol. The van der Waals surface area contributed by atoms with Crippen molar-refractivity contribution in [3.8, 4) is 0 Å². The summed E-state index contributed by atoms with van der Waals surface area (Å²) < 4.78 is 0. The van der Waals surface area contributed by atoms with Crippen molar-refractivity contribution >= 4 is 17.2 Å². The van der Waals surface area contributed by atoms with E-state index in [4.69, 9.17) is 31.7 Å². The molecule has 0 atom stereocenters. The predicted octanol–water partition coefficient (Wildman–Crippen LogP) is 1.22. The van der Waals surface area contributed by atoms with Crippen LogP contribution in [0, 0.1) is 0 Å². The van der Waals surface area contributed by atoms with Gasteiger partial charge in [0.25, 0.3) is 0 Å². The Labute approximate surface area is 115 Å². The molecule has 0 radical (unpaired) electrons. The topological polar surface area (TPSA) is 80.9 Å². The van der Waals surface area contributed by atoms with E-state index in [1.807, 2.05) is 0 Å². The van der Waals surface area contributed by atoms with Crippen LogP contribution in [0.1, 0.15) is 25.7 Å². The van der Waals surface area contributed by atoms with Gasteiger partial charge in [0.2, 0.25) is 0 Å². The monoisotopic (exact) mass is 302 g/mol. The first-order chi connectivity index (χ1) is 8.54. The van der Waals surface area contributed by atoms with Crippen molar-refractivity contribution in [2.45, 2.75) is 25.7 Å². The molecule has 0 aromatic heterocycles. The van der Waals surface area contributed by atoms with Crippen LogP contribution < -0.4 is 0 Å². The number of halogens is 1. The van der Waals surface area contributed by atoms with E-state index in [9.17, 15) is 0 Å². The van der Waals surface area contributed by atoms with Gasteiger partial charge >= 0.3 is 114 Å². The van der Waals surface area contributed by atoms with Crippen molar-refractivity contribution in [1.82, 2.24) is 0 Å². The van der Waals surface area contributed by atoms with Gasteiger partial charge in [0.05, 0.1) is 0 Å². The van der Waals surface area contributed by atoms with Gasteiger partial charge in [0.1, 0.15) is 0 Å². The molecular weight excluding hydrogens is 275 g/mol. The Morgan fingerprint density at radius 3 is 0.944 bits per heavy atom. The van der Waals surface area contributed by atoms with E-state index in [0.29, 0.717) is 25.7 Å². The first-order valence-corrected chi connectivity index (χ1v) is 10.6. The number of rotatable bonds is 12. The van der Waals surface area contributed by atoms with E-state index in [-0.39, 0.29) is 26.4 Å². The van der Waals surface area contributed by atoms with Crippen molar-refractivity contribution in [2.75, 3.05) is 51.1 Å². The van der Waals surface area contributed by atoms with Gasteiger partial charge in [0.15, 0.2) is 0 Å². The van der Waals surface area contributed by atoms with Gasteiger partial charge in [-0.05, 0) is 0 Å². The third-order valence-electron chi connectivity index (χ3n) is 3.50. The second-order valence-electron chi connectivity index (χ2n) is 5.02. The molecule has 4 N–H and O–H groups in total. The first-order valence-electron chi connectivity index (χ1n) is 6.70. The molecule has 0 heterocycles. The summed E-state index contributed by atoms with van der Waals surface area (Å²) in [4.78, 5) is 0. The summed E-state index contributed by atoms with van der Waals surface area (Å²) >= 11 is 7.00. The molecule has 0 aliphatic carbocycles. The third-order valence-corrected chi connectivity index (χ3v) is 11.3.